The summed E-state index contributed by atoms with van der Waals surface area (Å²) in [7, 11) is 0. The first-order valence-corrected chi connectivity index (χ1v) is 5.69. The van der Waals surface area contributed by atoms with Gasteiger partial charge in [-0.05, 0) is 18.2 Å². The number of carbonyl (C=O) groups excluding carboxylic acids is 2. The summed E-state index contributed by atoms with van der Waals surface area (Å²) in [6.45, 7) is 2.64. The monoisotopic (exact) mass is 271 g/mol. The Balaban J connectivity index is 2.55. The van der Waals surface area contributed by atoms with Crippen LogP contribution in [0.3, 0.4) is 0 Å². The van der Waals surface area contributed by atoms with Crippen molar-refractivity contribution < 1.29 is 19.1 Å². The second-order valence-electron chi connectivity index (χ2n) is 3.54. The van der Waals surface area contributed by atoms with Gasteiger partial charge in [0.1, 0.15) is 0 Å². The third-order valence-electron chi connectivity index (χ3n) is 1.89. The van der Waals surface area contributed by atoms with Crippen molar-refractivity contribution in [1.29, 1.82) is 0 Å². The zero-order valence-corrected chi connectivity index (χ0v) is 10.9. The molecule has 0 amide bonds. The average Bonchev–Trinajstić information content (AvgIpc) is 2.24. The van der Waals surface area contributed by atoms with Gasteiger partial charge in [0.05, 0.1) is 6.54 Å². The van der Waals surface area contributed by atoms with Gasteiger partial charge in [-0.25, -0.2) is 0 Å². The van der Waals surface area contributed by atoms with Crippen molar-refractivity contribution in [1.82, 2.24) is 0 Å². The van der Waals surface area contributed by atoms with Crippen molar-refractivity contribution in [3.8, 4) is 0 Å². The van der Waals surface area contributed by atoms with Crippen molar-refractivity contribution in [2.45, 2.75) is 20.1 Å². The van der Waals surface area contributed by atoms with Crippen LogP contribution in [0.2, 0.25) is 5.02 Å². The van der Waals surface area contributed by atoms with E-state index in [4.69, 9.17) is 21.1 Å². The van der Waals surface area contributed by atoms with Crippen molar-refractivity contribution in [2.24, 2.45) is 0 Å². The molecule has 1 N–H and O–H groups in total. The summed E-state index contributed by atoms with van der Waals surface area (Å²) in [6.07, 6.45) is -0.959. The fourth-order valence-electron chi connectivity index (χ4n) is 1.28. The van der Waals surface area contributed by atoms with E-state index in [9.17, 15) is 9.59 Å². The second kappa shape index (κ2) is 6.86. The number of esters is 2. The predicted molar refractivity (Wildman–Crippen MR) is 67.3 cm³/mol. The zero-order valence-electron chi connectivity index (χ0n) is 10.1. The Kier molecular flexibility index (Phi) is 5.45. The maximum atomic E-state index is 10.8. The van der Waals surface area contributed by atoms with Crippen molar-refractivity contribution in [2.75, 3.05) is 11.9 Å². The Morgan fingerprint density at radius 3 is 2.39 bits per heavy atom. The molecule has 0 saturated heterocycles. The summed E-state index contributed by atoms with van der Waals surface area (Å²) in [5, 5.41) is 3.54. The van der Waals surface area contributed by atoms with Gasteiger partial charge in [-0.2, -0.15) is 0 Å². The van der Waals surface area contributed by atoms with Crippen molar-refractivity contribution in [3.05, 3.63) is 29.3 Å². The van der Waals surface area contributed by atoms with Gasteiger partial charge < -0.3 is 14.8 Å². The van der Waals surface area contributed by atoms with E-state index in [2.05, 4.69) is 5.32 Å². The molecule has 0 saturated carbocycles. The van der Waals surface area contributed by atoms with Crippen LogP contribution in [0.4, 0.5) is 5.69 Å². The lowest BCUT2D eigenvalue weighted by Gasteiger charge is -2.17. The van der Waals surface area contributed by atoms with E-state index in [-0.39, 0.29) is 6.54 Å². The molecular weight excluding hydrogens is 258 g/mol. The molecule has 5 nitrogen and oxygen atoms in total. The van der Waals surface area contributed by atoms with E-state index in [1.54, 1.807) is 24.3 Å². The number of ether oxygens (including phenoxy) is 2. The van der Waals surface area contributed by atoms with Gasteiger partial charge in [-0.1, -0.05) is 17.7 Å². The quantitative estimate of drug-likeness (QED) is 0.657. The first kappa shape index (κ1) is 14.3. The van der Waals surface area contributed by atoms with Gasteiger partial charge in [-0.3, -0.25) is 9.59 Å². The maximum Gasteiger partial charge on any atom is 0.305 e. The van der Waals surface area contributed by atoms with Gasteiger partial charge in [0.15, 0.2) is 0 Å². The lowest BCUT2D eigenvalue weighted by molar-refractivity contribution is -0.182. The van der Waals surface area contributed by atoms with Crippen LogP contribution in [0.5, 0.6) is 0 Å². The standard InChI is InChI=1S/C12H14ClNO4/c1-8(15)17-12(18-9(2)16)7-14-11-5-3-4-10(13)6-11/h3-6,12,14H,7H2,1-2H3. The van der Waals surface area contributed by atoms with Crippen LogP contribution in [0, 0.1) is 0 Å². The van der Waals surface area contributed by atoms with Gasteiger partial charge in [0.25, 0.3) is 6.29 Å². The third-order valence-corrected chi connectivity index (χ3v) is 2.13. The SMILES string of the molecule is CC(=O)OC(CNc1cccc(Cl)c1)OC(C)=O. The molecule has 0 aliphatic rings. The Bertz CT molecular complexity index is 420. The molecule has 0 heterocycles. The molecule has 0 unspecified atom stereocenters. The fraction of sp³-hybridized carbons (Fsp3) is 0.333. The first-order chi connectivity index (χ1) is 8.47. The molecule has 18 heavy (non-hydrogen) atoms. The molecule has 0 radical (unpaired) electrons. The fourth-order valence-corrected chi connectivity index (χ4v) is 1.47. The third kappa shape index (κ3) is 5.54. The van der Waals surface area contributed by atoms with Crippen LogP contribution < -0.4 is 5.32 Å². The smallest absolute Gasteiger partial charge is 0.305 e. The number of carbonyl (C=O) groups is 2. The minimum Gasteiger partial charge on any atom is -0.423 e. The number of hydrogen-bond donors (Lipinski definition) is 1. The van der Waals surface area contributed by atoms with Crippen molar-refractivity contribution >= 4 is 29.2 Å². The molecule has 1 aromatic carbocycles. The van der Waals surface area contributed by atoms with Gasteiger partial charge in [-0.15, -0.1) is 0 Å². The molecule has 1 rings (SSSR count). The van der Waals surface area contributed by atoms with E-state index < -0.39 is 18.2 Å². The number of nitrogens with one attached hydrogen (secondary N) is 1. The number of benzene rings is 1. The molecule has 0 fully saturated rings. The van der Waals surface area contributed by atoms with Crippen LogP contribution in [-0.2, 0) is 19.1 Å². The Morgan fingerprint density at radius 1 is 1.28 bits per heavy atom. The normalized spacial score (nSPS) is 10.0. The molecule has 0 bridgehead atoms. The Hall–Kier alpha value is -1.75. The first-order valence-electron chi connectivity index (χ1n) is 5.31. The predicted octanol–water partition coefficient (Wildman–Crippen LogP) is 2.20. The topological polar surface area (TPSA) is 64.6 Å². The van der Waals surface area contributed by atoms with Crippen molar-refractivity contribution in [3.63, 3.8) is 0 Å². The highest BCUT2D eigenvalue weighted by Crippen LogP contribution is 2.15. The molecule has 1 aromatic rings. The molecular formula is C12H14ClNO4. The Labute approximate surface area is 110 Å². The van der Waals surface area contributed by atoms with E-state index in [1.807, 2.05) is 0 Å². The zero-order chi connectivity index (χ0) is 13.5. The van der Waals surface area contributed by atoms with Gasteiger partial charge in [0, 0.05) is 24.6 Å². The second-order valence-corrected chi connectivity index (χ2v) is 3.98. The summed E-state index contributed by atoms with van der Waals surface area (Å²) in [5.41, 5.74) is 0.742. The minimum absolute atomic E-state index is 0.152. The van der Waals surface area contributed by atoms with Gasteiger partial charge >= 0.3 is 11.9 Å². The lowest BCUT2D eigenvalue weighted by Crippen LogP contribution is -2.29. The highest BCUT2D eigenvalue weighted by Gasteiger charge is 2.14. The maximum absolute atomic E-state index is 10.8. The lowest BCUT2D eigenvalue weighted by atomic mass is 10.3. The van der Waals surface area contributed by atoms with E-state index >= 15 is 0 Å². The Morgan fingerprint density at radius 2 is 1.89 bits per heavy atom. The summed E-state index contributed by atoms with van der Waals surface area (Å²) < 4.78 is 9.67. The summed E-state index contributed by atoms with van der Waals surface area (Å²) >= 11 is 5.82. The molecule has 0 aliphatic carbocycles. The van der Waals surface area contributed by atoms with Crippen LogP contribution in [-0.4, -0.2) is 24.8 Å². The molecule has 0 atom stereocenters. The molecule has 98 valence electrons. The van der Waals surface area contributed by atoms with E-state index in [0.717, 1.165) is 5.69 Å². The molecule has 6 heteroatoms. The number of anilines is 1. The van der Waals surface area contributed by atoms with Gasteiger partial charge in [0.2, 0.25) is 0 Å². The average molecular weight is 272 g/mol. The van der Waals surface area contributed by atoms with E-state index in [0.29, 0.717) is 5.02 Å². The summed E-state index contributed by atoms with van der Waals surface area (Å²) in [5.74, 6) is -1.04. The minimum atomic E-state index is -0.959. The molecule has 0 spiro atoms. The van der Waals surface area contributed by atoms with Crippen LogP contribution >= 0.6 is 11.6 Å². The summed E-state index contributed by atoms with van der Waals surface area (Å²) in [4.78, 5) is 21.7. The molecule has 0 aliphatic heterocycles. The molecule has 0 aromatic heterocycles. The number of hydrogen-bond acceptors (Lipinski definition) is 5. The summed E-state index contributed by atoms with van der Waals surface area (Å²) in [6, 6.07) is 7.02. The number of rotatable bonds is 5. The highest BCUT2D eigenvalue weighted by atomic mass is 35.5. The largest absolute Gasteiger partial charge is 0.423 e. The van der Waals surface area contributed by atoms with Crippen LogP contribution in [0.15, 0.2) is 24.3 Å². The number of halogens is 1. The van der Waals surface area contributed by atoms with Crippen LogP contribution in [0.25, 0.3) is 0 Å². The van der Waals surface area contributed by atoms with Crippen LogP contribution in [0.1, 0.15) is 13.8 Å². The van der Waals surface area contributed by atoms with E-state index in [1.165, 1.54) is 13.8 Å². The highest BCUT2D eigenvalue weighted by molar-refractivity contribution is 6.30.